The molecule has 1 aromatic carbocycles. The second kappa shape index (κ2) is 13.7. The number of pyridine rings is 1. The number of aromatic hydroxyl groups is 1. The van der Waals surface area contributed by atoms with E-state index < -0.39 is 7.60 Å². The fourth-order valence-electron chi connectivity index (χ4n) is 3.57. The predicted molar refractivity (Wildman–Crippen MR) is 141 cm³/mol. The van der Waals surface area contributed by atoms with E-state index in [1.807, 2.05) is 49.5 Å². The Morgan fingerprint density at radius 1 is 1.14 bits per heavy atom. The number of hydrogen-bond donors (Lipinski definition) is 3. The fourth-order valence-corrected chi connectivity index (χ4v) is 5.85. The van der Waals surface area contributed by atoms with Gasteiger partial charge in [-0.05, 0) is 50.1 Å². The standard InChI is InChI=1S/C25H34N3O6PS/c1-4-33-35(31,34-5-2)15-13-26-18(3)20-8-9-21(27-17-20)12-14-32-22-10-6-19(7-11-22)16-23-24(29)28-25(30)36-23/h6-11,17-18,26,29H,4-5,12-16H2,1-3H3,(H,28,30). The van der Waals surface area contributed by atoms with Crippen molar-refractivity contribution in [1.82, 2.24) is 15.3 Å². The van der Waals surface area contributed by atoms with Gasteiger partial charge in [0.25, 0.3) is 0 Å². The first-order chi connectivity index (χ1) is 17.3. The molecular formula is C25H34N3O6PS. The molecule has 0 saturated carbocycles. The molecule has 2 heterocycles. The maximum Gasteiger partial charge on any atom is 0.331 e. The molecule has 0 aliphatic carbocycles. The highest BCUT2D eigenvalue weighted by Gasteiger charge is 2.23. The van der Waals surface area contributed by atoms with E-state index in [9.17, 15) is 14.5 Å². The van der Waals surface area contributed by atoms with E-state index in [1.54, 1.807) is 13.8 Å². The van der Waals surface area contributed by atoms with Gasteiger partial charge < -0.3 is 24.2 Å². The van der Waals surface area contributed by atoms with Crippen molar-refractivity contribution in [3.63, 3.8) is 0 Å². The van der Waals surface area contributed by atoms with Gasteiger partial charge in [-0.15, -0.1) is 0 Å². The fraction of sp³-hybridized carbons (Fsp3) is 0.440. The molecule has 1 atom stereocenters. The van der Waals surface area contributed by atoms with Crippen molar-refractivity contribution >= 4 is 18.9 Å². The van der Waals surface area contributed by atoms with E-state index in [0.29, 0.717) is 50.2 Å². The zero-order valence-electron chi connectivity index (χ0n) is 20.9. The Morgan fingerprint density at radius 3 is 2.44 bits per heavy atom. The molecule has 2 aromatic heterocycles. The number of hydrogen-bond acceptors (Lipinski definition) is 9. The average molecular weight is 536 g/mol. The molecule has 3 aromatic rings. The summed E-state index contributed by atoms with van der Waals surface area (Å²) in [4.78, 5) is 18.6. The third kappa shape index (κ3) is 8.57. The summed E-state index contributed by atoms with van der Waals surface area (Å²) < 4.78 is 29.0. The summed E-state index contributed by atoms with van der Waals surface area (Å²) in [5.74, 6) is 0.680. The number of rotatable bonds is 15. The van der Waals surface area contributed by atoms with E-state index in [-0.39, 0.29) is 16.8 Å². The Morgan fingerprint density at radius 2 is 1.86 bits per heavy atom. The van der Waals surface area contributed by atoms with Crippen molar-refractivity contribution in [2.24, 2.45) is 0 Å². The molecule has 3 N–H and O–H groups in total. The minimum absolute atomic E-state index is 0.0484. The van der Waals surface area contributed by atoms with Crippen LogP contribution in [0.3, 0.4) is 0 Å². The average Bonchev–Trinajstić information content (AvgIpc) is 3.17. The molecule has 0 spiro atoms. The highest BCUT2D eigenvalue weighted by Crippen LogP contribution is 2.47. The summed E-state index contributed by atoms with van der Waals surface area (Å²) in [6.45, 7) is 7.37. The molecule has 36 heavy (non-hydrogen) atoms. The van der Waals surface area contributed by atoms with Crippen LogP contribution in [-0.2, 0) is 26.5 Å². The number of aromatic amines is 1. The van der Waals surface area contributed by atoms with Gasteiger partial charge in [-0.3, -0.25) is 19.3 Å². The minimum Gasteiger partial charge on any atom is -0.494 e. The van der Waals surface area contributed by atoms with Gasteiger partial charge in [0, 0.05) is 37.3 Å². The predicted octanol–water partition coefficient (Wildman–Crippen LogP) is 4.67. The van der Waals surface area contributed by atoms with Gasteiger partial charge in [-0.25, -0.2) is 0 Å². The summed E-state index contributed by atoms with van der Waals surface area (Å²) in [7, 11) is -3.05. The highest BCUT2D eigenvalue weighted by atomic mass is 32.1. The van der Waals surface area contributed by atoms with Crippen LogP contribution in [-0.4, -0.2) is 47.6 Å². The first-order valence-corrected chi connectivity index (χ1v) is 14.6. The zero-order chi connectivity index (χ0) is 26.0. The molecule has 11 heteroatoms. The zero-order valence-corrected chi connectivity index (χ0v) is 22.6. The van der Waals surface area contributed by atoms with Gasteiger partial charge in [0.2, 0.25) is 5.88 Å². The Hall–Kier alpha value is -2.49. The van der Waals surface area contributed by atoms with Gasteiger partial charge in [-0.2, -0.15) is 0 Å². The van der Waals surface area contributed by atoms with Crippen LogP contribution in [0, 0.1) is 0 Å². The van der Waals surface area contributed by atoms with E-state index in [4.69, 9.17) is 13.8 Å². The maximum absolute atomic E-state index is 12.6. The van der Waals surface area contributed by atoms with Crippen molar-refractivity contribution in [2.75, 3.05) is 32.5 Å². The first-order valence-electron chi connectivity index (χ1n) is 12.0. The monoisotopic (exact) mass is 535 g/mol. The number of thiazole rings is 1. The minimum atomic E-state index is -3.05. The second-order valence-electron chi connectivity index (χ2n) is 8.13. The molecule has 0 aliphatic heterocycles. The van der Waals surface area contributed by atoms with E-state index in [1.165, 1.54) is 0 Å². The Labute approximate surface area is 215 Å². The maximum atomic E-state index is 12.6. The number of H-pyrrole nitrogens is 1. The highest BCUT2D eigenvalue weighted by molar-refractivity contribution is 7.53. The second-order valence-corrected chi connectivity index (χ2v) is 11.4. The van der Waals surface area contributed by atoms with Gasteiger partial charge in [0.15, 0.2) is 0 Å². The van der Waals surface area contributed by atoms with Gasteiger partial charge in [0.1, 0.15) is 5.75 Å². The lowest BCUT2D eigenvalue weighted by atomic mass is 10.1. The Kier molecular flexibility index (Phi) is 10.7. The quantitative estimate of drug-likeness (QED) is 0.240. The third-order valence-electron chi connectivity index (χ3n) is 5.45. The Balaban J connectivity index is 1.41. The van der Waals surface area contributed by atoms with Crippen molar-refractivity contribution in [3.05, 3.63) is 74.0 Å². The SMILES string of the molecule is CCOP(=O)(CCNC(C)c1ccc(CCOc2ccc(Cc3sc(=O)[nH]c3O)cc2)nc1)OCC. The van der Waals surface area contributed by atoms with Crippen molar-refractivity contribution in [2.45, 2.75) is 39.7 Å². The topological polar surface area (TPSA) is 123 Å². The molecule has 0 amide bonds. The summed E-state index contributed by atoms with van der Waals surface area (Å²) >= 11 is 1.01. The number of nitrogens with zero attached hydrogens (tertiary/aromatic N) is 1. The molecule has 0 aliphatic rings. The van der Waals surface area contributed by atoms with Crippen molar-refractivity contribution < 1.29 is 23.5 Å². The lowest BCUT2D eigenvalue weighted by molar-refractivity contribution is 0.220. The molecular weight excluding hydrogens is 501 g/mol. The summed E-state index contributed by atoms with van der Waals surface area (Å²) in [6.07, 6.45) is 3.31. The van der Waals surface area contributed by atoms with Crippen LogP contribution in [0.4, 0.5) is 0 Å². The van der Waals surface area contributed by atoms with E-state index >= 15 is 0 Å². The van der Waals surface area contributed by atoms with Crippen LogP contribution in [0.1, 0.15) is 48.5 Å². The molecule has 1 unspecified atom stereocenters. The summed E-state index contributed by atoms with van der Waals surface area (Å²) in [6, 6.07) is 11.7. The number of aromatic nitrogens is 2. The van der Waals surface area contributed by atoms with Gasteiger partial charge in [-0.1, -0.05) is 29.5 Å². The van der Waals surface area contributed by atoms with Crippen LogP contribution < -0.4 is 14.9 Å². The lowest BCUT2D eigenvalue weighted by Crippen LogP contribution is -2.23. The number of nitrogens with one attached hydrogen (secondary N) is 2. The first kappa shape index (κ1) is 28.1. The lowest BCUT2D eigenvalue weighted by Gasteiger charge is -2.19. The molecule has 0 saturated heterocycles. The molecule has 9 nitrogen and oxygen atoms in total. The molecule has 0 bridgehead atoms. The van der Waals surface area contributed by atoms with E-state index in [0.717, 1.165) is 33.9 Å². The summed E-state index contributed by atoms with van der Waals surface area (Å²) in [5.41, 5.74) is 2.94. The van der Waals surface area contributed by atoms with Crippen LogP contribution >= 0.6 is 18.9 Å². The van der Waals surface area contributed by atoms with Crippen molar-refractivity contribution in [1.29, 1.82) is 0 Å². The van der Waals surface area contributed by atoms with Crippen LogP contribution in [0.25, 0.3) is 0 Å². The van der Waals surface area contributed by atoms with Gasteiger partial charge in [0.05, 0.1) is 30.9 Å². The van der Waals surface area contributed by atoms with Crippen LogP contribution in [0.2, 0.25) is 0 Å². The van der Waals surface area contributed by atoms with Crippen molar-refractivity contribution in [3.8, 4) is 11.6 Å². The summed E-state index contributed by atoms with van der Waals surface area (Å²) in [5, 5.41) is 13.1. The van der Waals surface area contributed by atoms with Crippen LogP contribution in [0.5, 0.6) is 11.6 Å². The smallest absolute Gasteiger partial charge is 0.331 e. The van der Waals surface area contributed by atoms with Gasteiger partial charge >= 0.3 is 12.5 Å². The third-order valence-corrected chi connectivity index (χ3v) is 8.40. The normalized spacial score (nSPS) is 12.5. The Bertz CT molecular complexity index is 1170. The molecule has 196 valence electrons. The molecule has 0 fully saturated rings. The van der Waals surface area contributed by atoms with E-state index in [2.05, 4.69) is 15.3 Å². The molecule has 3 rings (SSSR count). The number of ether oxygens (including phenoxy) is 1. The largest absolute Gasteiger partial charge is 0.494 e. The van der Waals surface area contributed by atoms with Crippen LogP contribution in [0.15, 0.2) is 47.4 Å². The molecule has 0 radical (unpaired) electrons. The number of benzene rings is 1.